The molecule has 2 rings (SSSR count). The summed E-state index contributed by atoms with van der Waals surface area (Å²) < 4.78 is 11.1. The van der Waals surface area contributed by atoms with Crippen molar-refractivity contribution in [1.82, 2.24) is 0 Å². The summed E-state index contributed by atoms with van der Waals surface area (Å²) in [5, 5.41) is 12.3. The Balaban J connectivity index is 2.22. The molecule has 0 aliphatic heterocycles. The van der Waals surface area contributed by atoms with E-state index >= 15 is 0 Å². The van der Waals surface area contributed by atoms with Crippen LogP contribution in [-0.4, -0.2) is 19.6 Å². The van der Waals surface area contributed by atoms with Crippen LogP contribution in [0.2, 0.25) is 0 Å². The Bertz CT molecular complexity index is 911. The number of aryl methyl sites for hydroxylation is 2. The largest absolute Gasteiger partial charge is 0.493 e. The molecular weight excluding hydrogens is 352 g/mol. The number of benzene rings is 2. The van der Waals surface area contributed by atoms with Gasteiger partial charge in [-0.3, -0.25) is 4.79 Å². The third-order valence-electron chi connectivity index (χ3n) is 4.26. The van der Waals surface area contributed by atoms with Gasteiger partial charge in [-0.2, -0.15) is 5.26 Å². The van der Waals surface area contributed by atoms with Crippen LogP contribution in [0.25, 0.3) is 6.08 Å². The van der Waals surface area contributed by atoms with E-state index in [4.69, 9.17) is 9.47 Å². The number of hydrogen-bond donors (Lipinski definition) is 1. The quantitative estimate of drug-likeness (QED) is 0.397. The van der Waals surface area contributed by atoms with Gasteiger partial charge in [0.05, 0.1) is 13.7 Å². The summed E-state index contributed by atoms with van der Waals surface area (Å²) >= 11 is 0. The van der Waals surface area contributed by atoms with E-state index in [9.17, 15) is 10.1 Å². The van der Waals surface area contributed by atoms with Gasteiger partial charge in [-0.25, -0.2) is 0 Å². The van der Waals surface area contributed by atoms with E-state index < -0.39 is 5.91 Å². The Morgan fingerprint density at radius 1 is 1.18 bits per heavy atom. The zero-order chi connectivity index (χ0) is 20.5. The van der Waals surface area contributed by atoms with Gasteiger partial charge in [-0.15, -0.1) is 0 Å². The zero-order valence-corrected chi connectivity index (χ0v) is 16.8. The number of amides is 1. The van der Waals surface area contributed by atoms with E-state index in [0.717, 1.165) is 24.0 Å². The number of nitrogens with one attached hydrogen (secondary N) is 1. The first-order valence-electron chi connectivity index (χ1n) is 9.29. The summed E-state index contributed by atoms with van der Waals surface area (Å²) in [5.74, 6) is 0.766. The smallest absolute Gasteiger partial charge is 0.266 e. The Kier molecular flexibility index (Phi) is 7.65. The van der Waals surface area contributed by atoms with Crippen LogP contribution in [0.15, 0.2) is 42.0 Å². The standard InChI is InChI=1S/C23H26N2O3/c1-5-6-11-28-21-10-9-18(14-22(21)27-4)13-19(15-24)23(26)25-20-12-16(2)7-8-17(20)3/h7-10,12-14H,5-6,11H2,1-4H3,(H,25,26). The van der Waals surface area contributed by atoms with Crippen molar-refractivity contribution in [3.05, 3.63) is 58.7 Å². The molecule has 0 aliphatic carbocycles. The average Bonchev–Trinajstić information content (AvgIpc) is 2.69. The Hall–Kier alpha value is -3.26. The first-order chi connectivity index (χ1) is 13.5. The average molecular weight is 378 g/mol. The minimum Gasteiger partial charge on any atom is -0.493 e. The van der Waals surface area contributed by atoms with Crippen LogP contribution >= 0.6 is 0 Å². The predicted molar refractivity (Wildman–Crippen MR) is 112 cm³/mol. The molecule has 0 bridgehead atoms. The topological polar surface area (TPSA) is 71.3 Å². The SMILES string of the molecule is CCCCOc1ccc(C=C(C#N)C(=O)Nc2cc(C)ccc2C)cc1OC. The van der Waals surface area contributed by atoms with Crippen molar-refractivity contribution in [3.8, 4) is 17.6 Å². The highest BCUT2D eigenvalue weighted by Gasteiger charge is 2.12. The molecule has 0 heterocycles. The maximum atomic E-state index is 12.5. The van der Waals surface area contributed by atoms with Crippen LogP contribution < -0.4 is 14.8 Å². The highest BCUT2D eigenvalue weighted by Crippen LogP contribution is 2.29. The number of nitriles is 1. The van der Waals surface area contributed by atoms with Gasteiger partial charge >= 0.3 is 0 Å². The van der Waals surface area contributed by atoms with Crippen molar-refractivity contribution in [2.24, 2.45) is 0 Å². The molecule has 1 amide bonds. The third kappa shape index (κ3) is 5.62. The van der Waals surface area contributed by atoms with E-state index in [-0.39, 0.29) is 5.57 Å². The molecule has 146 valence electrons. The number of anilines is 1. The molecule has 0 spiro atoms. The van der Waals surface area contributed by atoms with Crippen LogP contribution in [0.5, 0.6) is 11.5 Å². The van der Waals surface area contributed by atoms with Gasteiger partial charge in [-0.1, -0.05) is 31.5 Å². The number of carbonyl (C=O) groups excluding carboxylic acids is 1. The summed E-state index contributed by atoms with van der Waals surface area (Å²) in [4.78, 5) is 12.5. The number of nitrogens with zero attached hydrogens (tertiary/aromatic N) is 1. The fourth-order valence-electron chi connectivity index (χ4n) is 2.60. The number of hydrogen-bond acceptors (Lipinski definition) is 4. The molecule has 5 heteroatoms. The highest BCUT2D eigenvalue weighted by molar-refractivity contribution is 6.10. The Morgan fingerprint density at radius 3 is 2.64 bits per heavy atom. The van der Waals surface area contributed by atoms with Gasteiger partial charge in [-0.05, 0) is 61.2 Å². The lowest BCUT2D eigenvalue weighted by Gasteiger charge is -2.11. The lowest BCUT2D eigenvalue weighted by atomic mass is 10.1. The van der Waals surface area contributed by atoms with Crippen molar-refractivity contribution in [2.45, 2.75) is 33.6 Å². The Labute approximate surface area is 166 Å². The molecule has 0 saturated heterocycles. The van der Waals surface area contributed by atoms with Gasteiger partial charge in [0.2, 0.25) is 0 Å². The van der Waals surface area contributed by atoms with Gasteiger partial charge in [0.25, 0.3) is 5.91 Å². The number of carbonyl (C=O) groups is 1. The Morgan fingerprint density at radius 2 is 1.96 bits per heavy atom. The minimum absolute atomic E-state index is 0.0163. The van der Waals surface area contributed by atoms with E-state index in [1.165, 1.54) is 0 Å². The van der Waals surface area contributed by atoms with Crippen LogP contribution in [0, 0.1) is 25.2 Å². The number of unbranched alkanes of at least 4 members (excludes halogenated alkanes) is 1. The first-order valence-corrected chi connectivity index (χ1v) is 9.29. The second-order valence-corrected chi connectivity index (χ2v) is 6.55. The molecule has 0 fully saturated rings. The summed E-state index contributed by atoms with van der Waals surface area (Å²) in [6, 6.07) is 13.1. The fraction of sp³-hybridized carbons (Fsp3) is 0.304. The minimum atomic E-state index is -0.446. The maximum Gasteiger partial charge on any atom is 0.266 e. The second kappa shape index (κ2) is 10.2. The predicted octanol–water partition coefficient (Wildman–Crippen LogP) is 5.04. The lowest BCUT2D eigenvalue weighted by molar-refractivity contribution is -0.112. The third-order valence-corrected chi connectivity index (χ3v) is 4.26. The molecule has 0 radical (unpaired) electrons. The number of methoxy groups -OCH3 is 1. The van der Waals surface area contributed by atoms with E-state index in [2.05, 4.69) is 12.2 Å². The molecule has 0 aromatic heterocycles. The number of rotatable bonds is 8. The molecule has 28 heavy (non-hydrogen) atoms. The van der Waals surface area contributed by atoms with Crippen LogP contribution in [0.4, 0.5) is 5.69 Å². The molecule has 0 saturated carbocycles. The van der Waals surface area contributed by atoms with Gasteiger partial charge in [0, 0.05) is 5.69 Å². The summed E-state index contributed by atoms with van der Waals surface area (Å²) in [6.07, 6.45) is 3.55. The molecule has 0 atom stereocenters. The van der Waals surface area contributed by atoms with Crippen molar-refractivity contribution < 1.29 is 14.3 Å². The summed E-state index contributed by atoms with van der Waals surface area (Å²) in [5.41, 5.74) is 3.37. The fourth-order valence-corrected chi connectivity index (χ4v) is 2.60. The van der Waals surface area contributed by atoms with E-state index in [0.29, 0.717) is 29.4 Å². The monoisotopic (exact) mass is 378 g/mol. The summed E-state index contributed by atoms with van der Waals surface area (Å²) in [6.45, 7) is 6.57. The van der Waals surface area contributed by atoms with Gasteiger partial charge < -0.3 is 14.8 Å². The maximum absolute atomic E-state index is 12.5. The van der Waals surface area contributed by atoms with Gasteiger partial charge in [0.1, 0.15) is 11.6 Å². The van der Waals surface area contributed by atoms with Crippen molar-refractivity contribution >= 4 is 17.7 Å². The van der Waals surface area contributed by atoms with Crippen LogP contribution in [0.3, 0.4) is 0 Å². The summed E-state index contributed by atoms with van der Waals surface area (Å²) in [7, 11) is 1.56. The lowest BCUT2D eigenvalue weighted by Crippen LogP contribution is -2.14. The molecule has 0 aliphatic rings. The molecule has 2 aromatic rings. The van der Waals surface area contributed by atoms with Gasteiger partial charge in [0.15, 0.2) is 11.5 Å². The normalized spacial score (nSPS) is 10.9. The number of ether oxygens (including phenoxy) is 2. The van der Waals surface area contributed by atoms with Crippen LogP contribution in [0.1, 0.15) is 36.5 Å². The highest BCUT2D eigenvalue weighted by atomic mass is 16.5. The zero-order valence-electron chi connectivity index (χ0n) is 16.8. The molecule has 5 nitrogen and oxygen atoms in total. The van der Waals surface area contributed by atoms with Crippen molar-refractivity contribution in [3.63, 3.8) is 0 Å². The molecule has 1 N–H and O–H groups in total. The molecule has 0 unspecified atom stereocenters. The van der Waals surface area contributed by atoms with Crippen molar-refractivity contribution in [1.29, 1.82) is 5.26 Å². The molecule has 2 aromatic carbocycles. The van der Waals surface area contributed by atoms with Crippen LogP contribution in [-0.2, 0) is 4.79 Å². The first kappa shape index (κ1) is 21.0. The van der Waals surface area contributed by atoms with E-state index in [1.54, 1.807) is 31.4 Å². The molecular formula is C23H26N2O3. The van der Waals surface area contributed by atoms with Crippen molar-refractivity contribution in [2.75, 3.05) is 19.0 Å². The second-order valence-electron chi connectivity index (χ2n) is 6.55. The van der Waals surface area contributed by atoms with E-state index in [1.807, 2.05) is 38.1 Å².